The van der Waals surface area contributed by atoms with Crippen molar-refractivity contribution in [1.82, 2.24) is 19.7 Å². The molecule has 0 bridgehead atoms. The third kappa shape index (κ3) is 4.22. The molecule has 3 aromatic rings. The lowest BCUT2D eigenvalue weighted by Gasteiger charge is -2.23. The maximum Gasteiger partial charge on any atom is 0.323 e. The Kier molecular flexibility index (Phi) is 5.10. The summed E-state index contributed by atoms with van der Waals surface area (Å²) < 4.78 is 1.86. The SMILES string of the molecule is Cc1cccc(Cn2ncc(C)c2NC(=O)N(Cc2ccncc2)C2CC2)c1. The second kappa shape index (κ2) is 7.84. The highest BCUT2D eigenvalue weighted by atomic mass is 16.2. The first-order valence-corrected chi connectivity index (χ1v) is 9.64. The topological polar surface area (TPSA) is 63.1 Å². The molecule has 1 aliphatic rings. The number of amides is 2. The number of nitrogens with one attached hydrogen (secondary N) is 1. The number of benzene rings is 1. The van der Waals surface area contributed by atoms with Crippen molar-refractivity contribution in [3.05, 3.63) is 77.2 Å². The Labute approximate surface area is 165 Å². The van der Waals surface area contributed by atoms with Crippen LogP contribution in [-0.4, -0.2) is 31.7 Å². The predicted octanol–water partition coefficient (Wildman–Crippen LogP) is 4.14. The fraction of sp³-hybridized carbons (Fsp3) is 0.318. The molecule has 1 aromatic carbocycles. The van der Waals surface area contributed by atoms with E-state index < -0.39 is 0 Å². The van der Waals surface area contributed by atoms with Crippen LogP contribution in [-0.2, 0) is 13.1 Å². The van der Waals surface area contributed by atoms with Gasteiger partial charge in [-0.05, 0) is 49.9 Å². The number of anilines is 1. The number of urea groups is 1. The van der Waals surface area contributed by atoms with Gasteiger partial charge in [-0.25, -0.2) is 9.48 Å². The lowest BCUT2D eigenvalue weighted by molar-refractivity contribution is 0.206. The molecule has 4 rings (SSSR count). The molecule has 1 N–H and O–H groups in total. The third-order valence-corrected chi connectivity index (χ3v) is 5.01. The van der Waals surface area contributed by atoms with Crippen LogP contribution in [0.15, 0.2) is 55.0 Å². The molecule has 6 nitrogen and oxygen atoms in total. The number of aryl methyl sites for hydroxylation is 2. The molecular formula is C22H25N5O. The summed E-state index contributed by atoms with van der Waals surface area (Å²) in [5.74, 6) is 0.756. The first kappa shape index (κ1) is 18.2. The van der Waals surface area contributed by atoms with Gasteiger partial charge in [0.25, 0.3) is 0 Å². The summed E-state index contributed by atoms with van der Waals surface area (Å²) in [4.78, 5) is 19.0. The van der Waals surface area contributed by atoms with Crippen molar-refractivity contribution in [1.29, 1.82) is 0 Å². The first-order chi connectivity index (χ1) is 13.6. The summed E-state index contributed by atoms with van der Waals surface area (Å²) in [7, 11) is 0. The standard InChI is InChI=1S/C22H25N5O/c1-16-4-3-5-19(12-16)15-27-21(17(2)13-24-27)25-22(28)26(20-6-7-20)14-18-8-10-23-11-9-18/h3-5,8-13,20H,6-7,14-15H2,1-2H3,(H,25,28). The average Bonchev–Trinajstić information content (AvgIpc) is 3.48. The van der Waals surface area contributed by atoms with Crippen molar-refractivity contribution in [2.45, 2.75) is 45.8 Å². The van der Waals surface area contributed by atoms with Crippen molar-refractivity contribution in [2.75, 3.05) is 5.32 Å². The van der Waals surface area contributed by atoms with Crippen LogP contribution in [0.2, 0.25) is 0 Å². The summed E-state index contributed by atoms with van der Waals surface area (Å²) >= 11 is 0. The minimum atomic E-state index is -0.0756. The van der Waals surface area contributed by atoms with Gasteiger partial charge in [0.15, 0.2) is 0 Å². The Bertz CT molecular complexity index is 962. The molecule has 0 atom stereocenters. The first-order valence-electron chi connectivity index (χ1n) is 9.64. The Morgan fingerprint density at radius 3 is 2.68 bits per heavy atom. The number of pyridine rings is 1. The van der Waals surface area contributed by atoms with E-state index >= 15 is 0 Å². The van der Waals surface area contributed by atoms with E-state index in [1.165, 1.54) is 5.56 Å². The van der Waals surface area contributed by atoms with Crippen molar-refractivity contribution >= 4 is 11.8 Å². The molecule has 2 aromatic heterocycles. The van der Waals surface area contributed by atoms with Crippen LogP contribution in [0.3, 0.4) is 0 Å². The fourth-order valence-corrected chi connectivity index (χ4v) is 3.36. The smallest absolute Gasteiger partial charge is 0.317 e. The second-order valence-electron chi connectivity index (χ2n) is 7.47. The van der Waals surface area contributed by atoms with Crippen LogP contribution < -0.4 is 5.32 Å². The predicted molar refractivity (Wildman–Crippen MR) is 109 cm³/mol. The molecule has 0 radical (unpaired) electrons. The zero-order valence-electron chi connectivity index (χ0n) is 16.3. The Morgan fingerprint density at radius 2 is 1.96 bits per heavy atom. The molecule has 1 aliphatic carbocycles. The van der Waals surface area contributed by atoms with E-state index in [9.17, 15) is 4.79 Å². The molecular weight excluding hydrogens is 350 g/mol. The maximum atomic E-state index is 13.1. The van der Waals surface area contributed by atoms with Crippen LogP contribution in [0, 0.1) is 13.8 Å². The number of hydrogen-bond acceptors (Lipinski definition) is 3. The number of carbonyl (C=O) groups excluding carboxylic acids is 1. The maximum absolute atomic E-state index is 13.1. The molecule has 0 unspecified atom stereocenters. The van der Waals surface area contributed by atoms with Gasteiger partial charge < -0.3 is 4.90 Å². The molecule has 144 valence electrons. The molecule has 0 aliphatic heterocycles. The number of rotatable bonds is 6. The second-order valence-corrected chi connectivity index (χ2v) is 7.47. The highest BCUT2D eigenvalue weighted by Gasteiger charge is 2.33. The van der Waals surface area contributed by atoms with Crippen molar-refractivity contribution in [3.63, 3.8) is 0 Å². The van der Waals surface area contributed by atoms with Gasteiger partial charge in [0.1, 0.15) is 5.82 Å². The normalized spacial score (nSPS) is 13.4. The van der Waals surface area contributed by atoms with E-state index in [2.05, 4.69) is 40.5 Å². The van der Waals surface area contributed by atoms with Crippen LogP contribution in [0.1, 0.15) is 35.1 Å². The minimum Gasteiger partial charge on any atom is -0.317 e. The van der Waals surface area contributed by atoms with Crippen LogP contribution >= 0.6 is 0 Å². The monoisotopic (exact) mass is 375 g/mol. The van der Waals surface area contributed by atoms with Gasteiger partial charge in [0.2, 0.25) is 0 Å². The van der Waals surface area contributed by atoms with Crippen molar-refractivity contribution in [2.24, 2.45) is 0 Å². The molecule has 0 saturated heterocycles. The number of hydrogen-bond donors (Lipinski definition) is 1. The molecule has 1 saturated carbocycles. The average molecular weight is 375 g/mol. The van der Waals surface area contributed by atoms with Crippen LogP contribution in [0.25, 0.3) is 0 Å². The summed E-state index contributed by atoms with van der Waals surface area (Å²) in [6, 6.07) is 12.5. The lowest BCUT2D eigenvalue weighted by Crippen LogP contribution is -2.37. The van der Waals surface area contributed by atoms with E-state index in [0.717, 1.165) is 35.3 Å². The van der Waals surface area contributed by atoms with E-state index in [4.69, 9.17) is 0 Å². The quantitative estimate of drug-likeness (QED) is 0.704. The molecule has 1 fully saturated rings. The van der Waals surface area contributed by atoms with Crippen molar-refractivity contribution in [3.8, 4) is 0 Å². The fourth-order valence-electron chi connectivity index (χ4n) is 3.36. The van der Waals surface area contributed by atoms with E-state index in [1.54, 1.807) is 18.6 Å². The minimum absolute atomic E-state index is 0.0756. The van der Waals surface area contributed by atoms with E-state index in [0.29, 0.717) is 19.1 Å². The molecule has 0 spiro atoms. The van der Waals surface area contributed by atoms with Crippen LogP contribution in [0.4, 0.5) is 10.6 Å². The zero-order chi connectivity index (χ0) is 19.5. The number of aromatic nitrogens is 3. The van der Waals surface area contributed by atoms with Gasteiger partial charge in [0, 0.05) is 30.5 Å². The van der Waals surface area contributed by atoms with Gasteiger partial charge >= 0.3 is 6.03 Å². The Hall–Kier alpha value is -3.15. The third-order valence-electron chi connectivity index (χ3n) is 5.01. The Morgan fingerprint density at radius 1 is 1.18 bits per heavy atom. The molecule has 6 heteroatoms. The summed E-state index contributed by atoms with van der Waals surface area (Å²) in [6.45, 7) is 5.26. The van der Waals surface area contributed by atoms with Crippen molar-refractivity contribution < 1.29 is 4.79 Å². The summed E-state index contributed by atoms with van der Waals surface area (Å²) in [5, 5.41) is 7.58. The van der Waals surface area contributed by atoms with E-state index in [-0.39, 0.29) is 6.03 Å². The highest BCUT2D eigenvalue weighted by Crippen LogP contribution is 2.29. The van der Waals surface area contributed by atoms with E-state index in [1.807, 2.05) is 34.7 Å². The molecule has 2 heterocycles. The van der Waals surface area contributed by atoms with Gasteiger partial charge in [0.05, 0.1) is 12.7 Å². The zero-order valence-corrected chi connectivity index (χ0v) is 16.3. The summed E-state index contributed by atoms with van der Waals surface area (Å²) in [5.41, 5.74) is 4.42. The lowest BCUT2D eigenvalue weighted by atomic mass is 10.1. The molecule has 28 heavy (non-hydrogen) atoms. The Balaban J connectivity index is 1.51. The van der Waals surface area contributed by atoms with Gasteiger partial charge in [-0.2, -0.15) is 5.10 Å². The summed E-state index contributed by atoms with van der Waals surface area (Å²) in [6.07, 6.45) is 7.44. The van der Waals surface area contributed by atoms with Gasteiger partial charge in [-0.3, -0.25) is 10.3 Å². The van der Waals surface area contributed by atoms with Gasteiger partial charge in [-0.1, -0.05) is 29.8 Å². The van der Waals surface area contributed by atoms with Crippen LogP contribution in [0.5, 0.6) is 0 Å². The largest absolute Gasteiger partial charge is 0.323 e. The van der Waals surface area contributed by atoms with Gasteiger partial charge in [-0.15, -0.1) is 0 Å². The molecule has 2 amide bonds. The number of nitrogens with zero attached hydrogens (tertiary/aromatic N) is 4. The number of carbonyl (C=O) groups is 1. The highest BCUT2D eigenvalue weighted by molar-refractivity contribution is 5.89.